The van der Waals surface area contributed by atoms with E-state index in [4.69, 9.17) is 0 Å². The molecule has 1 nitrogen and oxygen atoms in total. The van der Waals surface area contributed by atoms with Gasteiger partial charge in [-0.2, -0.15) is 0 Å². The highest BCUT2D eigenvalue weighted by Crippen LogP contribution is 2.05. The van der Waals surface area contributed by atoms with Crippen LogP contribution in [0.15, 0.2) is 0 Å². The Morgan fingerprint density at radius 3 is 2.10 bits per heavy atom. The van der Waals surface area contributed by atoms with E-state index in [-0.39, 0.29) is 23.5 Å². The highest BCUT2D eigenvalue weighted by Gasteiger charge is 1.99. The molecule has 0 heterocycles. The van der Waals surface area contributed by atoms with Crippen molar-refractivity contribution in [2.45, 2.75) is 52.1 Å². The van der Waals surface area contributed by atoms with E-state index in [0.717, 1.165) is 19.3 Å². The zero-order valence-electron chi connectivity index (χ0n) is 6.56. The van der Waals surface area contributed by atoms with Gasteiger partial charge in [0.2, 0.25) is 0 Å². The van der Waals surface area contributed by atoms with Crippen LogP contribution in [-0.2, 0) is 0 Å². The summed E-state index contributed by atoms with van der Waals surface area (Å²) in [7, 11) is 0. The summed E-state index contributed by atoms with van der Waals surface area (Å²) < 4.78 is 0. The van der Waals surface area contributed by atoms with E-state index < -0.39 is 0 Å². The first-order valence-corrected chi connectivity index (χ1v) is 3.99. The molecule has 1 atom stereocenters. The zero-order valence-corrected chi connectivity index (χ0v) is 6.56. The van der Waals surface area contributed by atoms with Crippen molar-refractivity contribution in [1.82, 2.24) is 0 Å². The topological polar surface area (TPSA) is 20.2 Å². The van der Waals surface area contributed by atoms with Crippen molar-refractivity contribution in [3.8, 4) is 0 Å². The second-order valence-corrected chi connectivity index (χ2v) is 2.58. The van der Waals surface area contributed by atoms with Crippen LogP contribution in [0, 0.1) is 0 Å². The first kappa shape index (κ1) is 13.1. The van der Waals surface area contributed by atoms with Gasteiger partial charge in [-0.15, -0.1) is 0 Å². The number of rotatable bonds is 5. The monoisotopic (exact) mass is 160 g/mol. The summed E-state index contributed by atoms with van der Waals surface area (Å²) in [6, 6.07) is 0. The smallest absolute Gasteiger partial charge is 0.187 e. The number of aliphatic hydroxyl groups excluding tert-OH is 1. The van der Waals surface area contributed by atoms with E-state index in [1.54, 1.807) is 0 Å². The van der Waals surface area contributed by atoms with Gasteiger partial charge >= 0.3 is 0 Å². The summed E-state index contributed by atoms with van der Waals surface area (Å²) in [4.78, 5) is 0. The van der Waals surface area contributed by atoms with Crippen LogP contribution >= 0.6 is 0 Å². The summed E-state index contributed by atoms with van der Waals surface area (Å²) in [6.45, 7) is 4.26. The molecule has 1 unspecified atom stereocenters. The normalized spacial score (nSPS) is 12.3. The maximum Gasteiger partial charge on any atom is 0.187 e. The molecular formula is C8H21AlO. The fourth-order valence-corrected chi connectivity index (χ4v) is 0.917. The molecule has 0 rings (SSSR count). The third-order valence-electron chi connectivity index (χ3n) is 1.51. The molecule has 0 aliphatic rings. The summed E-state index contributed by atoms with van der Waals surface area (Å²) >= 11 is 0. The highest BCUT2D eigenvalue weighted by atomic mass is 27.0. The van der Waals surface area contributed by atoms with E-state index in [1.165, 1.54) is 12.8 Å². The Bertz CT molecular complexity index is 57.2. The van der Waals surface area contributed by atoms with Crippen LogP contribution in [0.4, 0.5) is 0 Å². The molecule has 62 valence electrons. The fourth-order valence-electron chi connectivity index (χ4n) is 0.917. The van der Waals surface area contributed by atoms with Gasteiger partial charge in [0.05, 0.1) is 6.10 Å². The van der Waals surface area contributed by atoms with Gasteiger partial charge in [-0.25, -0.2) is 0 Å². The van der Waals surface area contributed by atoms with Crippen molar-refractivity contribution in [3.63, 3.8) is 0 Å². The van der Waals surface area contributed by atoms with E-state index in [0.29, 0.717) is 0 Å². The molecule has 0 aliphatic carbocycles. The van der Waals surface area contributed by atoms with Gasteiger partial charge < -0.3 is 5.11 Å². The van der Waals surface area contributed by atoms with Gasteiger partial charge in [-0.3, -0.25) is 0 Å². The summed E-state index contributed by atoms with van der Waals surface area (Å²) in [5.41, 5.74) is 0. The van der Waals surface area contributed by atoms with Crippen molar-refractivity contribution >= 4 is 17.4 Å². The SMILES string of the molecule is CCCCC(O)CCC.[AlH3]. The Hall–Kier alpha value is 0.492. The van der Waals surface area contributed by atoms with Crippen LogP contribution < -0.4 is 0 Å². The highest BCUT2D eigenvalue weighted by molar-refractivity contribution is 5.75. The quantitative estimate of drug-likeness (QED) is 0.598. The Balaban J connectivity index is 0. The lowest BCUT2D eigenvalue weighted by Gasteiger charge is -2.06. The predicted molar refractivity (Wildman–Crippen MR) is 50.4 cm³/mol. The molecule has 0 radical (unpaired) electrons. The molecule has 0 bridgehead atoms. The van der Waals surface area contributed by atoms with Gasteiger partial charge in [-0.05, 0) is 12.8 Å². The van der Waals surface area contributed by atoms with Crippen LogP contribution in [0.5, 0.6) is 0 Å². The summed E-state index contributed by atoms with van der Waals surface area (Å²) in [5, 5.41) is 9.18. The third kappa shape index (κ3) is 8.49. The molecule has 2 heteroatoms. The second-order valence-electron chi connectivity index (χ2n) is 2.58. The van der Waals surface area contributed by atoms with Crippen LogP contribution in [-0.4, -0.2) is 28.6 Å². The maximum atomic E-state index is 9.18. The molecule has 0 fully saturated rings. The minimum Gasteiger partial charge on any atom is -0.393 e. The molecule has 1 N–H and O–H groups in total. The van der Waals surface area contributed by atoms with Crippen molar-refractivity contribution in [3.05, 3.63) is 0 Å². The molecule has 0 aliphatic heterocycles. The van der Waals surface area contributed by atoms with Crippen LogP contribution in [0.25, 0.3) is 0 Å². The molecule has 10 heavy (non-hydrogen) atoms. The number of hydrogen-bond acceptors (Lipinski definition) is 1. The molecule has 0 saturated heterocycles. The third-order valence-corrected chi connectivity index (χ3v) is 1.51. The van der Waals surface area contributed by atoms with E-state index in [2.05, 4.69) is 13.8 Å². The van der Waals surface area contributed by atoms with Crippen molar-refractivity contribution in [1.29, 1.82) is 0 Å². The van der Waals surface area contributed by atoms with Crippen LogP contribution in [0.3, 0.4) is 0 Å². The minimum atomic E-state index is -0.0325. The van der Waals surface area contributed by atoms with E-state index in [1.807, 2.05) is 0 Å². The first-order chi connectivity index (χ1) is 4.31. The molecular weight excluding hydrogens is 139 g/mol. The van der Waals surface area contributed by atoms with Crippen molar-refractivity contribution in [2.24, 2.45) is 0 Å². The minimum absolute atomic E-state index is 0. The Labute approximate surface area is 75.0 Å². The zero-order chi connectivity index (χ0) is 7.11. The van der Waals surface area contributed by atoms with Crippen molar-refractivity contribution in [2.75, 3.05) is 0 Å². The number of hydrogen-bond donors (Lipinski definition) is 1. The average molecular weight is 160 g/mol. The van der Waals surface area contributed by atoms with E-state index >= 15 is 0 Å². The average Bonchev–Trinajstić information content (AvgIpc) is 1.85. The summed E-state index contributed by atoms with van der Waals surface area (Å²) in [6.07, 6.45) is 5.40. The maximum absolute atomic E-state index is 9.18. The molecule has 0 aromatic carbocycles. The Morgan fingerprint density at radius 2 is 1.70 bits per heavy atom. The van der Waals surface area contributed by atoms with Gasteiger partial charge in [-0.1, -0.05) is 33.1 Å². The second kappa shape index (κ2) is 9.49. The van der Waals surface area contributed by atoms with Gasteiger partial charge in [0.15, 0.2) is 17.4 Å². The first-order valence-electron chi connectivity index (χ1n) is 3.99. The molecule has 0 aromatic heterocycles. The molecule has 0 aromatic rings. The van der Waals surface area contributed by atoms with Crippen LogP contribution in [0.2, 0.25) is 0 Å². The number of aliphatic hydroxyl groups is 1. The van der Waals surface area contributed by atoms with Gasteiger partial charge in [0.25, 0.3) is 0 Å². The summed E-state index contributed by atoms with van der Waals surface area (Å²) in [5.74, 6) is 0. The van der Waals surface area contributed by atoms with E-state index in [9.17, 15) is 5.11 Å². The lowest BCUT2D eigenvalue weighted by Crippen LogP contribution is -2.04. The largest absolute Gasteiger partial charge is 0.393 e. The molecule has 0 amide bonds. The predicted octanol–water partition coefficient (Wildman–Crippen LogP) is 1.15. The lowest BCUT2D eigenvalue weighted by molar-refractivity contribution is 0.150. The van der Waals surface area contributed by atoms with Crippen molar-refractivity contribution < 1.29 is 5.11 Å². The van der Waals surface area contributed by atoms with Gasteiger partial charge in [0, 0.05) is 0 Å². The molecule has 0 spiro atoms. The lowest BCUT2D eigenvalue weighted by atomic mass is 10.1. The molecule has 0 saturated carbocycles. The Kier molecular flexibility index (Phi) is 12.4. The number of unbranched alkanes of at least 4 members (excludes halogenated alkanes) is 1. The standard InChI is InChI=1S/C8H18O.Al.3H/c1-3-5-7-8(9)6-4-2;;;;/h8-9H,3-7H2,1-2H3;;;;. The Morgan fingerprint density at radius 1 is 1.10 bits per heavy atom. The van der Waals surface area contributed by atoms with Gasteiger partial charge in [0.1, 0.15) is 0 Å². The van der Waals surface area contributed by atoms with Crippen LogP contribution in [0.1, 0.15) is 46.0 Å². The fraction of sp³-hybridized carbons (Fsp3) is 1.00.